The zero-order valence-corrected chi connectivity index (χ0v) is 8.38. The molecule has 13 heavy (non-hydrogen) atoms. The first-order valence-corrected chi connectivity index (χ1v) is 4.69. The number of ether oxygens (including phenoxy) is 1. The number of nitrogens with one attached hydrogen (secondary N) is 1. The van der Waals surface area contributed by atoms with Crippen molar-refractivity contribution in [2.45, 2.75) is 32.7 Å². The molecule has 4 heteroatoms. The van der Waals surface area contributed by atoms with Gasteiger partial charge in [-0.2, -0.15) is 0 Å². The Morgan fingerprint density at radius 1 is 1.62 bits per heavy atom. The minimum Gasteiger partial charge on any atom is -0.481 e. The Morgan fingerprint density at radius 3 is 2.85 bits per heavy atom. The average Bonchev–Trinajstić information content (AvgIpc) is 2.02. The first kappa shape index (κ1) is 12.4. The van der Waals surface area contributed by atoms with Crippen LogP contribution >= 0.6 is 0 Å². The molecule has 0 radical (unpaired) electrons. The molecule has 0 bridgehead atoms. The summed E-state index contributed by atoms with van der Waals surface area (Å²) in [6.07, 6.45) is 1.10. The maximum Gasteiger partial charge on any atom is 0.304 e. The number of aliphatic carboxylic acids is 1. The maximum absolute atomic E-state index is 10.3. The molecule has 0 aliphatic heterocycles. The lowest BCUT2D eigenvalue weighted by Gasteiger charge is -2.10. The largest absolute Gasteiger partial charge is 0.481 e. The highest BCUT2D eigenvalue weighted by Gasteiger charge is 2.05. The highest BCUT2D eigenvalue weighted by Crippen LogP contribution is 1.90. The smallest absolute Gasteiger partial charge is 0.304 e. The summed E-state index contributed by atoms with van der Waals surface area (Å²) in [6, 6.07) is 0.0409. The number of hydrogen-bond donors (Lipinski definition) is 2. The molecule has 1 atom stereocenters. The van der Waals surface area contributed by atoms with Gasteiger partial charge in [0.2, 0.25) is 0 Å². The summed E-state index contributed by atoms with van der Waals surface area (Å²) in [5, 5.41) is 11.6. The van der Waals surface area contributed by atoms with E-state index in [0.29, 0.717) is 0 Å². The van der Waals surface area contributed by atoms with Crippen molar-refractivity contribution in [3.63, 3.8) is 0 Å². The summed E-state index contributed by atoms with van der Waals surface area (Å²) in [4.78, 5) is 10.3. The molecule has 0 aliphatic carbocycles. The quantitative estimate of drug-likeness (QED) is 0.556. The second-order valence-corrected chi connectivity index (χ2v) is 3.00. The molecule has 0 fully saturated rings. The van der Waals surface area contributed by atoms with Crippen LogP contribution in [0.5, 0.6) is 0 Å². The Balaban J connectivity index is 3.17. The molecular weight excluding hydrogens is 170 g/mol. The van der Waals surface area contributed by atoms with Crippen molar-refractivity contribution in [3.8, 4) is 0 Å². The van der Waals surface area contributed by atoms with Crippen LogP contribution in [0.2, 0.25) is 0 Å². The van der Waals surface area contributed by atoms with Gasteiger partial charge in [0.1, 0.15) is 0 Å². The first-order chi connectivity index (χ1) is 6.16. The van der Waals surface area contributed by atoms with E-state index in [1.54, 1.807) is 0 Å². The molecular formula is C9H19NO3. The molecule has 0 aromatic heterocycles. The molecule has 2 N–H and O–H groups in total. The van der Waals surface area contributed by atoms with Crippen molar-refractivity contribution >= 4 is 5.97 Å². The fourth-order valence-electron chi connectivity index (χ4n) is 1.00. The molecule has 0 spiro atoms. The lowest BCUT2D eigenvalue weighted by molar-refractivity contribution is -0.137. The van der Waals surface area contributed by atoms with Gasteiger partial charge in [-0.15, -0.1) is 0 Å². The van der Waals surface area contributed by atoms with E-state index < -0.39 is 5.97 Å². The number of carboxylic acids is 1. The van der Waals surface area contributed by atoms with E-state index in [0.717, 1.165) is 26.2 Å². The van der Waals surface area contributed by atoms with Crippen LogP contribution in [0.4, 0.5) is 0 Å². The number of carboxylic acid groups (broad SMARTS) is 1. The van der Waals surface area contributed by atoms with Crippen LogP contribution in [-0.2, 0) is 9.53 Å². The third kappa shape index (κ3) is 9.30. The summed E-state index contributed by atoms with van der Waals surface area (Å²) < 4.78 is 5.14. The van der Waals surface area contributed by atoms with Gasteiger partial charge < -0.3 is 15.2 Å². The molecule has 1 unspecified atom stereocenters. The molecule has 0 saturated carbocycles. The molecule has 4 nitrogen and oxygen atoms in total. The lowest BCUT2D eigenvalue weighted by atomic mass is 10.2. The molecule has 0 aromatic rings. The topological polar surface area (TPSA) is 58.6 Å². The van der Waals surface area contributed by atoms with E-state index in [2.05, 4.69) is 5.32 Å². The van der Waals surface area contributed by atoms with Crippen LogP contribution in [0.1, 0.15) is 26.7 Å². The number of carbonyl (C=O) groups is 1. The van der Waals surface area contributed by atoms with E-state index in [4.69, 9.17) is 9.84 Å². The van der Waals surface area contributed by atoms with Crippen LogP contribution in [-0.4, -0.2) is 36.9 Å². The summed E-state index contributed by atoms with van der Waals surface area (Å²) >= 11 is 0. The normalized spacial score (nSPS) is 12.8. The average molecular weight is 189 g/mol. The fraction of sp³-hybridized carbons (Fsp3) is 0.889. The van der Waals surface area contributed by atoms with Crippen molar-refractivity contribution in [1.29, 1.82) is 0 Å². The predicted molar refractivity (Wildman–Crippen MR) is 50.8 cm³/mol. The molecule has 78 valence electrons. The fourth-order valence-corrected chi connectivity index (χ4v) is 1.00. The zero-order chi connectivity index (χ0) is 10.1. The van der Waals surface area contributed by atoms with Crippen LogP contribution in [0.25, 0.3) is 0 Å². The third-order valence-electron chi connectivity index (χ3n) is 1.64. The van der Waals surface area contributed by atoms with Gasteiger partial charge in [-0.3, -0.25) is 4.79 Å². The van der Waals surface area contributed by atoms with Crippen LogP contribution in [0.3, 0.4) is 0 Å². The van der Waals surface area contributed by atoms with E-state index in [1.165, 1.54) is 0 Å². The van der Waals surface area contributed by atoms with Gasteiger partial charge in [-0.25, -0.2) is 0 Å². The van der Waals surface area contributed by atoms with E-state index in [1.807, 2.05) is 13.8 Å². The SMILES string of the molecule is CCOCCCNC(C)CC(=O)O. The zero-order valence-electron chi connectivity index (χ0n) is 8.38. The maximum atomic E-state index is 10.3. The highest BCUT2D eigenvalue weighted by molar-refractivity contribution is 5.67. The van der Waals surface area contributed by atoms with Crippen LogP contribution < -0.4 is 5.32 Å². The van der Waals surface area contributed by atoms with Gasteiger partial charge >= 0.3 is 5.97 Å². The van der Waals surface area contributed by atoms with Crippen molar-refractivity contribution < 1.29 is 14.6 Å². The van der Waals surface area contributed by atoms with Crippen molar-refractivity contribution in [3.05, 3.63) is 0 Å². The Labute approximate surface area is 79.3 Å². The molecule has 0 heterocycles. The van der Waals surface area contributed by atoms with Gasteiger partial charge in [0, 0.05) is 19.3 Å². The molecule has 0 amide bonds. The van der Waals surface area contributed by atoms with Gasteiger partial charge in [0.25, 0.3) is 0 Å². The van der Waals surface area contributed by atoms with Crippen LogP contribution in [0, 0.1) is 0 Å². The summed E-state index contributed by atoms with van der Waals surface area (Å²) in [6.45, 7) is 6.12. The predicted octanol–water partition coefficient (Wildman–Crippen LogP) is 0.866. The van der Waals surface area contributed by atoms with Gasteiger partial charge in [0.05, 0.1) is 6.42 Å². The Bertz CT molecular complexity index is 139. The number of hydrogen-bond acceptors (Lipinski definition) is 3. The van der Waals surface area contributed by atoms with Crippen molar-refractivity contribution in [1.82, 2.24) is 5.32 Å². The van der Waals surface area contributed by atoms with Crippen molar-refractivity contribution in [2.24, 2.45) is 0 Å². The molecule has 0 rings (SSSR count). The second-order valence-electron chi connectivity index (χ2n) is 3.00. The molecule has 0 saturated heterocycles. The Morgan fingerprint density at radius 2 is 2.31 bits per heavy atom. The van der Waals surface area contributed by atoms with Crippen LogP contribution in [0.15, 0.2) is 0 Å². The molecule has 0 aliphatic rings. The van der Waals surface area contributed by atoms with Gasteiger partial charge in [0.15, 0.2) is 0 Å². The van der Waals surface area contributed by atoms with Crippen molar-refractivity contribution in [2.75, 3.05) is 19.8 Å². The number of rotatable bonds is 8. The Hall–Kier alpha value is -0.610. The summed E-state index contributed by atoms with van der Waals surface area (Å²) in [5.74, 6) is -0.759. The monoisotopic (exact) mass is 189 g/mol. The standard InChI is InChI=1S/C9H19NO3/c1-3-13-6-4-5-10-8(2)7-9(11)12/h8,10H,3-7H2,1-2H3,(H,11,12). The van der Waals surface area contributed by atoms with Gasteiger partial charge in [-0.1, -0.05) is 0 Å². The second kappa shape index (κ2) is 8.01. The molecule has 0 aromatic carbocycles. The van der Waals surface area contributed by atoms with E-state index in [-0.39, 0.29) is 12.5 Å². The summed E-state index contributed by atoms with van der Waals surface area (Å²) in [7, 11) is 0. The highest BCUT2D eigenvalue weighted by atomic mass is 16.5. The van der Waals surface area contributed by atoms with E-state index in [9.17, 15) is 4.79 Å². The Kier molecular flexibility index (Phi) is 7.63. The van der Waals surface area contributed by atoms with Gasteiger partial charge in [-0.05, 0) is 26.8 Å². The minimum atomic E-state index is -0.759. The minimum absolute atomic E-state index is 0.0409. The first-order valence-electron chi connectivity index (χ1n) is 4.69. The third-order valence-corrected chi connectivity index (χ3v) is 1.64. The van der Waals surface area contributed by atoms with E-state index >= 15 is 0 Å². The summed E-state index contributed by atoms with van der Waals surface area (Å²) in [5.41, 5.74) is 0. The lowest BCUT2D eigenvalue weighted by Crippen LogP contribution is -2.29.